The number of rotatable bonds is 8. The molecular formula is C12H26F3IN4. The average Bonchev–Trinajstić information content (AvgIpc) is 2.30. The van der Waals surface area contributed by atoms with Gasteiger partial charge in [-0.3, -0.25) is 9.89 Å². The van der Waals surface area contributed by atoms with Crippen LogP contribution in [0.2, 0.25) is 0 Å². The van der Waals surface area contributed by atoms with Gasteiger partial charge in [-0.25, -0.2) is 0 Å². The summed E-state index contributed by atoms with van der Waals surface area (Å²) in [5.41, 5.74) is 0. The Morgan fingerprint density at radius 2 is 1.70 bits per heavy atom. The van der Waals surface area contributed by atoms with Gasteiger partial charge in [-0.15, -0.1) is 24.0 Å². The van der Waals surface area contributed by atoms with Gasteiger partial charge < -0.3 is 10.6 Å². The highest BCUT2D eigenvalue weighted by Gasteiger charge is 2.28. The van der Waals surface area contributed by atoms with Crippen LogP contribution in [-0.4, -0.2) is 57.3 Å². The lowest BCUT2D eigenvalue weighted by Gasteiger charge is -2.18. The quantitative estimate of drug-likeness (QED) is 0.280. The number of guanidine groups is 1. The predicted octanol–water partition coefficient (Wildman–Crippen LogP) is 2.45. The minimum atomic E-state index is -4.13. The molecule has 0 spiro atoms. The Bertz CT molecular complexity index is 260. The van der Waals surface area contributed by atoms with E-state index in [-0.39, 0.29) is 24.0 Å². The molecule has 0 aromatic heterocycles. The molecule has 0 radical (unpaired) electrons. The SMILES string of the molecule is CCCCNC(=NC)NCCCN(C)CC(F)(F)F.I. The minimum absolute atomic E-state index is 0. The van der Waals surface area contributed by atoms with Crippen molar-refractivity contribution in [2.75, 3.05) is 40.3 Å². The molecule has 0 aliphatic rings. The van der Waals surface area contributed by atoms with Gasteiger partial charge in [0.15, 0.2) is 5.96 Å². The first-order valence-electron chi connectivity index (χ1n) is 6.59. The molecule has 4 nitrogen and oxygen atoms in total. The van der Waals surface area contributed by atoms with Crippen molar-refractivity contribution in [1.82, 2.24) is 15.5 Å². The molecule has 0 heterocycles. The van der Waals surface area contributed by atoms with Gasteiger partial charge in [0.1, 0.15) is 0 Å². The van der Waals surface area contributed by atoms with Crippen LogP contribution in [0.1, 0.15) is 26.2 Å². The standard InChI is InChI=1S/C12H25F3N4.HI/c1-4-5-7-17-11(16-2)18-8-6-9-19(3)10-12(13,14)15;/h4-10H2,1-3H3,(H2,16,17,18);1H. The Morgan fingerprint density at radius 1 is 1.15 bits per heavy atom. The maximum absolute atomic E-state index is 12.1. The predicted molar refractivity (Wildman–Crippen MR) is 87.9 cm³/mol. The molecule has 0 aliphatic heterocycles. The Hall–Kier alpha value is -0.250. The Morgan fingerprint density at radius 3 is 2.15 bits per heavy atom. The molecule has 20 heavy (non-hydrogen) atoms. The summed E-state index contributed by atoms with van der Waals surface area (Å²) in [5.74, 6) is 0.701. The third kappa shape index (κ3) is 14.2. The third-order valence-corrected chi connectivity index (χ3v) is 2.50. The first-order chi connectivity index (χ1) is 8.89. The number of hydrogen-bond acceptors (Lipinski definition) is 2. The van der Waals surface area contributed by atoms with Gasteiger partial charge >= 0.3 is 6.18 Å². The van der Waals surface area contributed by atoms with Crippen molar-refractivity contribution in [3.05, 3.63) is 0 Å². The third-order valence-electron chi connectivity index (χ3n) is 2.50. The number of hydrogen-bond donors (Lipinski definition) is 2. The van der Waals surface area contributed by atoms with Crippen LogP contribution in [0.5, 0.6) is 0 Å². The molecule has 8 heteroatoms. The summed E-state index contributed by atoms with van der Waals surface area (Å²) >= 11 is 0. The van der Waals surface area contributed by atoms with E-state index < -0.39 is 12.7 Å². The highest BCUT2D eigenvalue weighted by molar-refractivity contribution is 14.0. The summed E-state index contributed by atoms with van der Waals surface area (Å²) in [7, 11) is 3.15. The smallest absolute Gasteiger partial charge is 0.356 e. The lowest BCUT2D eigenvalue weighted by atomic mass is 10.3. The van der Waals surface area contributed by atoms with Crippen molar-refractivity contribution in [2.24, 2.45) is 4.99 Å². The summed E-state index contributed by atoms with van der Waals surface area (Å²) in [4.78, 5) is 5.31. The second kappa shape index (κ2) is 12.5. The molecule has 122 valence electrons. The molecule has 0 rings (SSSR count). The Balaban J connectivity index is 0. The summed E-state index contributed by atoms with van der Waals surface area (Å²) in [6.45, 7) is 3.10. The highest BCUT2D eigenvalue weighted by atomic mass is 127. The van der Waals surface area contributed by atoms with Gasteiger partial charge in [-0.1, -0.05) is 13.3 Å². The van der Waals surface area contributed by atoms with Gasteiger partial charge in [-0.2, -0.15) is 13.2 Å². The fraction of sp³-hybridized carbons (Fsp3) is 0.917. The largest absolute Gasteiger partial charge is 0.401 e. The summed E-state index contributed by atoms with van der Waals surface area (Å²) in [6, 6.07) is 0. The lowest BCUT2D eigenvalue weighted by molar-refractivity contribution is -0.143. The van der Waals surface area contributed by atoms with Crippen molar-refractivity contribution >= 4 is 29.9 Å². The fourth-order valence-electron chi connectivity index (χ4n) is 1.55. The van der Waals surface area contributed by atoms with Crippen LogP contribution in [0.4, 0.5) is 13.2 Å². The second-order valence-electron chi connectivity index (χ2n) is 4.49. The number of nitrogens with zero attached hydrogens (tertiary/aromatic N) is 2. The zero-order valence-corrected chi connectivity index (χ0v) is 14.7. The van der Waals surface area contributed by atoms with Crippen LogP contribution in [0.3, 0.4) is 0 Å². The van der Waals surface area contributed by atoms with E-state index in [1.54, 1.807) is 7.05 Å². The van der Waals surface area contributed by atoms with Gasteiger partial charge in [0.05, 0.1) is 6.54 Å². The van der Waals surface area contributed by atoms with E-state index in [0.717, 1.165) is 19.4 Å². The molecule has 2 N–H and O–H groups in total. The second-order valence-corrected chi connectivity index (χ2v) is 4.49. The topological polar surface area (TPSA) is 39.7 Å². The molecule has 0 saturated heterocycles. The first-order valence-corrected chi connectivity index (χ1v) is 6.59. The van der Waals surface area contributed by atoms with E-state index in [2.05, 4.69) is 22.5 Å². The summed E-state index contributed by atoms with van der Waals surface area (Å²) < 4.78 is 36.3. The number of unbranched alkanes of at least 4 members (excludes halogenated alkanes) is 1. The lowest BCUT2D eigenvalue weighted by Crippen LogP contribution is -2.39. The maximum atomic E-state index is 12.1. The van der Waals surface area contributed by atoms with Gasteiger partial charge in [0.25, 0.3) is 0 Å². The number of halogens is 4. The van der Waals surface area contributed by atoms with Gasteiger partial charge in [0.2, 0.25) is 0 Å². The van der Waals surface area contributed by atoms with Crippen LogP contribution in [0, 0.1) is 0 Å². The zero-order chi connectivity index (χ0) is 14.7. The van der Waals surface area contributed by atoms with E-state index in [4.69, 9.17) is 0 Å². The highest BCUT2D eigenvalue weighted by Crippen LogP contribution is 2.15. The fourth-order valence-corrected chi connectivity index (χ4v) is 1.55. The number of nitrogens with one attached hydrogen (secondary N) is 2. The monoisotopic (exact) mass is 410 g/mol. The summed E-state index contributed by atoms with van der Waals surface area (Å²) in [5, 5.41) is 6.22. The van der Waals surface area contributed by atoms with Crippen LogP contribution >= 0.6 is 24.0 Å². The molecule has 0 aliphatic carbocycles. The number of alkyl halides is 3. The van der Waals surface area contributed by atoms with Crippen molar-refractivity contribution < 1.29 is 13.2 Å². The van der Waals surface area contributed by atoms with E-state index in [1.807, 2.05) is 0 Å². The molecule has 0 atom stereocenters. The van der Waals surface area contributed by atoms with Crippen LogP contribution < -0.4 is 10.6 Å². The molecule has 0 saturated carbocycles. The molecule has 0 amide bonds. The molecule has 0 aromatic rings. The van der Waals surface area contributed by atoms with E-state index in [1.165, 1.54) is 11.9 Å². The van der Waals surface area contributed by atoms with Crippen molar-refractivity contribution in [1.29, 1.82) is 0 Å². The molecular weight excluding hydrogens is 384 g/mol. The normalized spacial score (nSPS) is 12.2. The van der Waals surface area contributed by atoms with E-state index in [0.29, 0.717) is 25.5 Å². The van der Waals surface area contributed by atoms with Crippen molar-refractivity contribution in [3.8, 4) is 0 Å². The molecule has 0 bridgehead atoms. The molecule has 0 fully saturated rings. The van der Waals surface area contributed by atoms with E-state index >= 15 is 0 Å². The van der Waals surface area contributed by atoms with Crippen LogP contribution in [0.25, 0.3) is 0 Å². The molecule has 0 aromatic carbocycles. The number of aliphatic imine (C=N–C) groups is 1. The maximum Gasteiger partial charge on any atom is 0.401 e. The zero-order valence-electron chi connectivity index (χ0n) is 12.4. The molecule has 0 unspecified atom stereocenters. The Labute approximate surface area is 136 Å². The summed E-state index contributed by atoms with van der Waals surface area (Å²) in [6.07, 6.45) is -1.32. The van der Waals surface area contributed by atoms with Crippen LogP contribution in [0.15, 0.2) is 4.99 Å². The van der Waals surface area contributed by atoms with Crippen molar-refractivity contribution in [2.45, 2.75) is 32.4 Å². The first kappa shape index (κ1) is 22.0. The van der Waals surface area contributed by atoms with Crippen LogP contribution in [-0.2, 0) is 0 Å². The minimum Gasteiger partial charge on any atom is -0.356 e. The Kier molecular flexibility index (Phi) is 13.8. The average molecular weight is 410 g/mol. The van der Waals surface area contributed by atoms with Gasteiger partial charge in [0, 0.05) is 20.1 Å². The van der Waals surface area contributed by atoms with E-state index in [9.17, 15) is 13.2 Å². The van der Waals surface area contributed by atoms with Crippen molar-refractivity contribution in [3.63, 3.8) is 0 Å². The van der Waals surface area contributed by atoms with Gasteiger partial charge in [-0.05, 0) is 26.4 Å².